The van der Waals surface area contributed by atoms with Crippen LogP contribution in [0.2, 0.25) is 0 Å². The summed E-state index contributed by atoms with van der Waals surface area (Å²) in [5.41, 5.74) is 1.61. The molecule has 9 heteroatoms. The average molecular weight is 417 g/mol. The number of hydrogen-bond donors (Lipinski definition) is 1. The number of rotatable bonds is 4. The topological polar surface area (TPSA) is 75.9 Å². The highest BCUT2D eigenvalue weighted by atomic mass is 35.5. The quantitative estimate of drug-likeness (QED) is 0.707. The molecule has 1 aliphatic rings. The summed E-state index contributed by atoms with van der Waals surface area (Å²) in [7, 11) is 0. The standard InChI is InChI=1S/C20H21FN6O.ClH/c1-14(27-24-19(23-25-27)15-6-3-2-4-7-15)20(28)26-11-10-22-13-18(26)16-8-5-9-17(21)12-16;/h2-9,12,14,18,22H,10-11,13H2,1H3;1H. The van der Waals surface area contributed by atoms with Crippen molar-refractivity contribution in [2.24, 2.45) is 0 Å². The van der Waals surface area contributed by atoms with Crippen LogP contribution in [0.4, 0.5) is 4.39 Å². The monoisotopic (exact) mass is 416 g/mol. The van der Waals surface area contributed by atoms with E-state index in [0.29, 0.717) is 25.5 Å². The Bertz CT molecular complexity index is 966. The first-order valence-corrected chi connectivity index (χ1v) is 9.25. The van der Waals surface area contributed by atoms with E-state index < -0.39 is 6.04 Å². The van der Waals surface area contributed by atoms with Crippen molar-refractivity contribution < 1.29 is 9.18 Å². The fourth-order valence-electron chi connectivity index (χ4n) is 3.41. The van der Waals surface area contributed by atoms with E-state index in [9.17, 15) is 9.18 Å². The maximum atomic E-state index is 13.7. The lowest BCUT2D eigenvalue weighted by atomic mass is 10.0. The van der Waals surface area contributed by atoms with Gasteiger partial charge in [0, 0.05) is 25.2 Å². The number of piperazine rings is 1. The van der Waals surface area contributed by atoms with Gasteiger partial charge in [-0.2, -0.15) is 4.80 Å². The van der Waals surface area contributed by atoms with Gasteiger partial charge in [0.05, 0.1) is 6.04 Å². The van der Waals surface area contributed by atoms with E-state index >= 15 is 0 Å². The van der Waals surface area contributed by atoms with Gasteiger partial charge in [0.15, 0.2) is 0 Å². The van der Waals surface area contributed by atoms with Gasteiger partial charge in [0.1, 0.15) is 11.9 Å². The molecule has 2 aromatic carbocycles. The highest BCUT2D eigenvalue weighted by Gasteiger charge is 2.32. The van der Waals surface area contributed by atoms with E-state index in [-0.39, 0.29) is 30.2 Å². The Hall–Kier alpha value is -2.84. The molecule has 0 saturated carbocycles. The van der Waals surface area contributed by atoms with E-state index in [1.807, 2.05) is 36.4 Å². The summed E-state index contributed by atoms with van der Waals surface area (Å²) in [5, 5.41) is 15.8. The third-order valence-electron chi connectivity index (χ3n) is 4.92. The van der Waals surface area contributed by atoms with Gasteiger partial charge in [-0.25, -0.2) is 4.39 Å². The molecule has 2 atom stereocenters. The third kappa shape index (κ3) is 4.44. The van der Waals surface area contributed by atoms with E-state index in [1.165, 1.54) is 16.9 Å². The number of carbonyl (C=O) groups is 1. The zero-order valence-corrected chi connectivity index (χ0v) is 16.7. The molecule has 0 bridgehead atoms. The molecule has 152 valence electrons. The van der Waals surface area contributed by atoms with Gasteiger partial charge < -0.3 is 10.2 Å². The number of halogens is 2. The van der Waals surface area contributed by atoms with Crippen LogP contribution in [0.5, 0.6) is 0 Å². The van der Waals surface area contributed by atoms with Crippen LogP contribution in [0.25, 0.3) is 11.4 Å². The van der Waals surface area contributed by atoms with Gasteiger partial charge in [0.25, 0.3) is 0 Å². The molecule has 1 aromatic heterocycles. The number of nitrogens with one attached hydrogen (secondary N) is 1. The van der Waals surface area contributed by atoms with Crippen molar-refractivity contribution in [1.82, 2.24) is 30.4 Å². The molecule has 0 aliphatic carbocycles. The first kappa shape index (κ1) is 20.9. The number of hydrogen-bond acceptors (Lipinski definition) is 5. The fraction of sp³-hybridized carbons (Fsp3) is 0.300. The minimum Gasteiger partial charge on any atom is -0.331 e. The normalized spacial score (nSPS) is 17.4. The van der Waals surface area contributed by atoms with Crippen molar-refractivity contribution >= 4 is 18.3 Å². The molecule has 2 unspecified atom stereocenters. The Balaban J connectivity index is 0.00000240. The second-order valence-corrected chi connectivity index (χ2v) is 6.78. The van der Waals surface area contributed by atoms with Crippen LogP contribution in [-0.2, 0) is 4.79 Å². The lowest BCUT2D eigenvalue weighted by Crippen LogP contribution is -2.50. The molecule has 7 nitrogen and oxygen atoms in total. The van der Waals surface area contributed by atoms with Crippen LogP contribution in [-0.4, -0.2) is 50.6 Å². The highest BCUT2D eigenvalue weighted by molar-refractivity contribution is 5.85. The Labute approximate surface area is 174 Å². The summed E-state index contributed by atoms with van der Waals surface area (Å²) < 4.78 is 13.7. The molecule has 2 heterocycles. The smallest absolute Gasteiger partial charge is 0.249 e. The van der Waals surface area contributed by atoms with E-state index in [2.05, 4.69) is 20.7 Å². The summed E-state index contributed by atoms with van der Waals surface area (Å²) >= 11 is 0. The molecular weight excluding hydrogens is 395 g/mol. The molecule has 1 N–H and O–H groups in total. The molecule has 1 amide bonds. The van der Waals surface area contributed by atoms with Gasteiger partial charge >= 0.3 is 0 Å². The maximum Gasteiger partial charge on any atom is 0.249 e. The first-order chi connectivity index (χ1) is 13.6. The van der Waals surface area contributed by atoms with Crippen LogP contribution in [0.1, 0.15) is 24.6 Å². The van der Waals surface area contributed by atoms with Crippen molar-refractivity contribution in [2.45, 2.75) is 19.0 Å². The zero-order chi connectivity index (χ0) is 19.5. The second-order valence-electron chi connectivity index (χ2n) is 6.78. The van der Waals surface area contributed by atoms with E-state index in [4.69, 9.17) is 0 Å². The third-order valence-corrected chi connectivity index (χ3v) is 4.92. The average Bonchev–Trinajstić information content (AvgIpc) is 3.24. The van der Waals surface area contributed by atoms with Crippen molar-refractivity contribution in [1.29, 1.82) is 0 Å². The maximum absolute atomic E-state index is 13.7. The highest BCUT2D eigenvalue weighted by Crippen LogP contribution is 2.25. The number of tetrazole rings is 1. The van der Waals surface area contributed by atoms with Crippen LogP contribution >= 0.6 is 12.4 Å². The summed E-state index contributed by atoms with van der Waals surface area (Å²) in [4.78, 5) is 16.3. The van der Waals surface area contributed by atoms with Gasteiger partial charge in [-0.1, -0.05) is 42.5 Å². The first-order valence-electron chi connectivity index (χ1n) is 9.25. The van der Waals surface area contributed by atoms with Gasteiger partial charge in [-0.15, -0.1) is 22.6 Å². The Morgan fingerprint density at radius 3 is 2.76 bits per heavy atom. The number of nitrogens with zero attached hydrogens (tertiary/aromatic N) is 5. The molecule has 29 heavy (non-hydrogen) atoms. The molecule has 1 aliphatic heterocycles. The fourth-order valence-corrected chi connectivity index (χ4v) is 3.41. The molecule has 0 spiro atoms. The predicted octanol–water partition coefficient (Wildman–Crippen LogP) is 2.64. The summed E-state index contributed by atoms with van der Waals surface area (Å²) in [6, 6.07) is 15.0. The van der Waals surface area contributed by atoms with Crippen LogP contribution < -0.4 is 5.32 Å². The van der Waals surface area contributed by atoms with Gasteiger partial charge in [-0.05, 0) is 29.8 Å². The lowest BCUT2D eigenvalue weighted by Gasteiger charge is -2.37. The molecule has 0 radical (unpaired) electrons. The van der Waals surface area contributed by atoms with Crippen LogP contribution in [0, 0.1) is 5.82 Å². The van der Waals surface area contributed by atoms with E-state index in [0.717, 1.165) is 11.1 Å². The molecule has 4 rings (SSSR count). The van der Waals surface area contributed by atoms with Crippen LogP contribution in [0.15, 0.2) is 54.6 Å². The van der Waals surface area contributed by atoms with Crippen molar-refractivity contribution in [3.05, 3.63) is 66.0 Å². The van der Waals surface area contributed by atoms with Gasteiger partial charge in [-0.3, -0.25) is 4.79 Å². The Kier molecular flexibility index (Phi) is 6.56. The van der Waals surface area contributed by atoms with Crippen LogP contribution in [0.3, 0.4) is 0 Å². The molecule has 3 aromatic rings. The molecular formula is C20H22ClFN6O. The number of benzene rings is 2. The Morgan fingerprint density at radius 2 is 2.00 bits per heavy atom. The van der Waals surface area contributed by atoms with E-state index in [1.54, 1.807) is 17.9 Å². The number of aromatic nitrogens is 4. The van der Waals surface area contributed by atoms with Crippen molar-refractivity contribution in [3.8, 4) is 11.4 Å². The van der Waals surface area contributed by atoms with Crippen molar-refractivity contribution in [2.75, 3.05) is 19.6 Å². The summed E-state index contributed by atoms with van der Waals surface area (Å²) in [5.74, 6) is 0.0454. The summed E-state index contributed by atoms with van der Waals surface area (Å²) in [6.07, 6.45) is 0. The number of amides is 1. The van der Waals surface area contributed by atoms with Gasteiger partial charge in [0.2, 0.25) is 11.7 Å². The number of carbonyl (C=O) groups excluding carboxylic acids is 1. The van der Waals surface area contributed by atoms with Crippen molar-refractivity contribution in [3.63, 3.8) is 0 Å². The minimum atomic E-state index is -0.612. The summed E-state index contributed by atoms with van der Waals surface area (Å²) in [6.45, 7) is 3.54. The molecule has 1 saturated heterocycles. The SMILES string of the molecule is CC(C(=O)N1CCNCC1c1cccc(F)c1)n1nnc(-c2ccccc2)n1.Cl. The zero-order valence-electron chi connectivity index (χ0n) is 15.9. The lowest BCUT2D eigenvalue weighted by molar-refractivity contribution is -0.138. The minimum absolute atomic E-state index is 0. The Morgan fingerprint density at radius 1 is 1.21 bits per heavy atom. The predicted molar refractivity (Wildman–Crippen MR) is 109 cm³/mol. The molecule has 1 fully saturated rings. The second kappa shape index (κ2) is 9.11. The largest absolute Gasteiger partial charge is 0.331 e.